The van der Waals surface area contributed by atoms with Crippen LogP contribution in [0.5, 0.6) is 5.88 Å². The van der Waals surface area contributed by atoms with E-state index in [9.17, 15) is 0 Å². The van der Waals surface area contributed by atoms with Crippen molar-refractivity contribution in [3.05, 3.63) is 51.9 Å². The molecule has 2 rings (SSSR count). The van der Waals surface area contributed by atoms with Crippen molar-refractivity contribution in [1.29, 1.82) is 0 Å². The van der Waals surface area contributed by atoms with E-state index in [2.05, 4.69) is 9.97 Å². The fourth-order valence-corrected chi connectivity index (χ4v) is 2.02. The molecular weight excluding hydrogens is 273 g/mol. The Morgan fingerprint density at radius 1 is 1.22 bits per heavy atom. The standard InChI is InChI=1S/C12H11Cl2N3O/c1-18-12-11(16-4-5-17-12)10(15)8-6-7(13)2-3-9(8)14/h2-6,10H,15H2,1H3. The number of hydrogen-bond acceptors (Lipinski definition) is 4. The van der Waals surface area contributed by atoms with Gasteiger partial charge in [0, 0.05) is 22.4 Å². The number of nitrogens with two attached hydrogens (primary N) is 1. The van der Waals surface area contributed by atoms with Crippen molar-refractivity contribution in [3.63, 3.8) is 0 Å². The van der Waals surface area contributed by atoms with E-state index in [0.29, 0.717) is 27.2 Å². The molecule has 0 fully saturated rings. The summed E-state index contributed by atoms with van der Waals surface area (Å²) < 4.78 is 5.13. The second-order valence-corrected chi connectivity index (χ2v) is 4.44. The normalized spacial score (nSPS) is 12.2. The molecule has 2 aromatic rings. The zero-order chi connectivity index (χ0) is 13.1. The Hall–Kier alpha value is -1.36. The summed E-state index contributed by atoms with van der Waals surface area (Å²) >= 11 is 12.0. The van der Waals surface area contributed by atoms with Gasteiger partial charge in [-0.15, -0.1) is 0 Å². The first kappa shape index (κ1) is 13.1. The molecule has 0 bridgehead atoms. The predicted octanol–water partition coefficient (Wildman–Crippen LogP) is 2.84. The molecule has 0 spiro atoms. The quantitative estimate of drug-likeness (QED) is 0.941. The Labute approximate surface area is 115 Å². The Bertz CT molecular complexity index is 563. The first-order valence-corrected chi connectivity index (χ1v) is 5.94. The first-order chi connectivity index (χ1) is 8.63. The molecule has 1 heterocycles. The van der Waals surface area contributed by atoms with Gasteiger partial charge in [0.1, 0.15) is 5.69 Å². The molecule has 0 saturated heterocycles. The molecule has 0 aliphatic rings. The highest BCUT2D eigenvalue weighted by Crippen LogP contribution is 2.30. The van der Waals surface area contributed by atoms with Gasteiger partial charge >= 0.3 is 0 Å². The van der Waals surface area contributed by atoms with Crippen LogP contribution in [0.1, 0.15) is 17.3 Å². The molecule has 18 heavy (non-hydrogen) atoms. The minimum atomic E-state index is -0.542. The van der Waals surface area contributed by atoms with Gasteiger partial charge in [0.2, 0.25) is 5.88 Å². The average Bonchev–Trinajstić information content (AvgIpc) is 2.40. The van der Waals surface area contributed by atoms with Crippen LogP contribution in [0.3, 0.4) is 0 Å². The van der Waals surface area contributed by atoms with E-state index in [1.54, 1.807) is 24.4 Å². The van der Waals surface area contributed by atoms with Crippen LogP contribution < -0.4 is 10.5 Å². The third kappa shape index (κ3) is 2.56. The maximum absolute atomic E-state index is 6.14. The van der Waals surface area contributed by atoms with E-state index < -0.39 is 6.04 Å². The third-order valence-corrected chi connectivity index (χ3v) is 3.05. The highest BCUT2D eigenvalue weighted by molar-refractivity contribution is 6.33. The van der Waals surface area contributed by atoms with E-state index in [0.717, 1.165) is 0 Å². The van der Waals surface area contributed by atoms with E-state index in [1.165, 1.54) is 13.3 Å². The largest absolute Gasteiger partial charge is 0.480 e. The Balaban J connectivity index is 2.47. The maximum atomic E-state index is 6.14. The van der Waals surface area contributed by atoms with Crippen LogP contribution in [-0.2, 0) is 0 Å². The highest BCUT2D eigenvalue weighted by atomic mass is 35.5. The molecule has 0 aliphatic heterocycles. The molecule has 1 aromatic heterocycles. The van der Waals surface area contributed by atoms with Crippen molar-refractivity contribution in [2.75, 3.05) is 7.11 Å². The SMILES string of the molecule is COc1nccnc1C(N)c1cc(Cl)ccc1Cl. The fraction of sp³-hybridized carbons (Fsp3) is 0.167. The lowest BCUT2D eigenvalue weighted by Gasteiger charge is -2.15. The smallest absolute Gasteiger partial charge is 0.237 e. The molecule has 0 radical (unpaired) electrons. The summed E-state index contributed by atoms with van der Waals surface area (Å²) in [6.07, 6.45) is 3.09. The van der Waals surface area contributed by atoms with Crippen molar-refractivity contribution in [2.24, 2.45) is 5.73 Å². The lowest BCUT2D eigenvalue weighted by molar-refractivity contribution is 0.387. The highest BCUT2D eigenvalue weighted by Gasteiger charge is 2.19. The number of halogens is 2. The number of aromatic nitrogens is 2. The van der Waals surface area contributed by atoms with E-state index in [1.807, 2.05) is 0 Å². The number of benzene rings is 1. The minimum Gasteiger partial charge on any atom is -0.480 e. The molecule has 0 saturated carbocycles. The summed E-state index contributed by atoms with van der Waals surface area (Å²) in [6.45, 7) is 0. The van der Waals surface area contributed by atoms with Crippen LogP contribution >= 0.6 is 23.2 Å². The van der Waals surface area contributed by atoms with Crippen molar-refractivity contribution >= 4 is 23.2 Å². The van der Waals surface area contributed by atoms with Gasteiger partial charge < -0.3 is 10.5 Å². The van der Waals surface area contributed by atoms with E-state index in [4.69, 9.17) is 33.7 Å². The molecule has 6 heteroatoms. The number of rotatable bonds is 3. The van der Waals surface area contributed by atoms with Crippen LogP contribution in [0.4, 0.5) is 0 Å². The molecule has 2 N–H and O–H groups in total. The summed E-state index contributed by atoms with van der Waals surface area (Å²) in [5.74, 6) is 0.376. The number of hydrogen-bond donors (Lipinski definition) is 1. The van der Waals surface area contributed by atoms with Crippen molar-refractivity contribution in [1.82, 2.24) is 9.97 Å². The fourth-order valence-electron chi connectivity index (χ4n) is 1.61. The Morgan fingerprint density at radius 2 is 1.94 bits per heavy atom. The van der Waals surface area contributed by atoms with Crippen molar-refractivity contribution in [3.8, 4) is 5.88 Å². The molecule has 1 unspecified atom stereocenters. The van der Waals surface area contributed by atoms with Gasteiger partial charge in [-0.05, 0) is 23.8 Å². The summed E-state index contributed by atoms with van der Waals surface area (Å²) in [5, 5.41) is 1.09. The molecule has 0 amide bonds. The molecule has 1 atom stereocenters. The van der Waals surface area contributed by atoms with Crippen LogP contribution in [0.2, 0.25) is 10.0 Å². The van der Waals surface area contributed by atoms with Crippen molar-refractivity contribution < 1.29 is 4.74 Å². The molecular formula is C12H11Cl2N3O. The van der Waals surface area contributed by atoms with Crippen LogP contribution in [0, 0.1) is 0 Å². The minimum absolute atomic E-state index is 0.376. The van der Waals surface area contributed by atoms with Gasteiger partial charge in [-0.25, -0.2) is 4.98 Å². The number of ether oxygens (including phenoxy) is 1. The zero-order valence-electron chi connectivity index (χ0n) is 9.60. The monoisotopic (exact) mass is 283 g/mol. The Kier molecular flexibility index (Phi) is 4.01. The van der Waals surface area contributed by atoms with Crippen molar-refractivity contribution in [2.45, 2.75) is 6.04 Å². The van der Waals surface area contributed by atoms with Crippen LogP contribution in [-0.4, -0.2) is 17.1 Å². The number of nitrogens with zero attached hydrogens (tertiary/aromatic N) is 2. The molecule has 94 valence electrons. The van der Waals surface area contributed by atoms with E-state index >= 15 is 0 Å². The van der Waals surface area contributed by atoms with E-state index in [-0.39, 0.29) is 0 Å². The van der Waals surface area contributed by atoms with Gasteiger partial charge in [-0.1, -0.05) is 23.2 Å². The summed E-state index contributed by atoms with van der Waals surface area (Å²) in [7, 11) is 1.51. The topological polar surface area (TPSA) is 61.0 Å². The van der Waals surface area contributed by atoms with Gasteiger partial charge in [0.15, 0.2) is 0 Å². The van der Waals surface area contributed by atoms with Crippen LogP contribution in [0.15, 0.2) is 30.6 Å². The van der Waals surface area contributed by atoms with Gasteiger partial charge in [-0.3, -0.25) is 4.98 Å². The van der Waals surface area contributed by atoms with Crippen LogP contribution in [0.25, 0.3) is 0 Å². The average molecular weight is 284 g/mol. The Morgan fingerprint density at radius 3 is 2.67 bits per heavy atom. The third-order valence-electron chi connectivity index (χ3n) is 2.47. The lowest BCUT2D eigenvalue weighted by Crippen LogP contribution is -2.16. The van der Waals surface area contributed by atoms with Gasteiger partial charge in [0.05, 0.1) is 13.2 Å². The molecule has 4 nitrogen and oxygen atoms in total. The first-order valence-electron chi connectivity index (χ1n) is 5.19. The lowest BCUT2D eigenvalue weighted by atomic mass is 10.0. The predicted molar refractivity (Wildman–Crippen MR) is 71.1 cm³/mol. The van der Waals surface area contributed by atoms with Gasteiger partial charge in [-0.2, -0.15) is 0 Å². The van der Waals surface area contributed by atoms with Gasteiger partial charge in [0.25, 0.3) is 0 Å². The summed E-state index contributed by atoms with van der Waals surface area (Å²) in [4.78, 5) is 8.24. The number of methoxy groups -OCH3 is 1. The molecule has 0 aliphatic carbocycles. The second-order valence-electron chi connectivity index (χ2n) is 3.59. The zero-order valence-corrected chi connectivity index (χ0v) is 11.1. The molecule has 1 aromatic carbocycles. The summed E-state index contributed by atoms with van der Waals surface area (Å²) in [5.41, 5.74) is 7.34. The maximum Gasteiger partial charge on any atom is 0.237 e. The summed E-state index contributed by atoms with van der Waals surface area (Å²) in [6, 6.07) is 4.57. The second kappa shape index (κ2) is 5.52.